The van der Waals surface area contributed by atoms with Gasteiger partial charge in [0.15, 0.2) is 0 Å². The van der Waals surface area contributed by atoms with Gasteiger partial charge in [-0.15, -0.1) is 0 Å². The fraction of sp³-hybridized carbons (Fsp3) is 0.750. The van der Waals surface area contributed by atoms with E-state index in [-0.39, 0.29) is 5.91 Å². The van der Waals surface area contributed by atoms with E-state index in [9.17, 15) is 4.79 Å². The molecule has 116 valence electrons. The highest BCUT2D eigenvalue weighted by molar-refractivity contribution is 5.86. The molecule has 4 heteroatoms. The molecule has 0 spiro atoms. The van der Waals surface area contributed by atoms with Crippen molar-refractivity contribution in [2.75, 3.05) is 6.54 Å². The normalized spacial score (nSPS) is 10.2. The van der Waals surface area contributed by atoms with Crippen molar-refractivity contribution in [1.29, 1.82) is 5.41 Å². The molecule has 20 heavy (non-hydrogen) atoms. The summed E-state index contributed by atoms with van der Waals surface area (Å²) in [6.07, 6.45) is 14.3. The molecule has 0 aromatic heterocycles. The molecule has 0 fully saturated rings. The van der Waals surface area contributed by atoms with E-state index in [1.807, 2.05) is 0 Å². The fourth-order valence-corrected chi connectivity index (χ4v) is 2.14. The Hall–Kier alpha value is -1.32. The van der Waals surface area contributed by atoms with Crippen LogP contribution in [0.25, 0.3) is 0 Å². The second-order valence-electron chi connectivity index (χ2n) is 5.31. The highest BCUT2D eigenvalue weighted by Gasteiger charge is 1.95. The van der Waals surface area contributed by atoms with E-state index in [1.165, 1.54) is 57.4 Å². The fourth-order valence-electron chi connectivity index (χ4n) is 2.14. The smallest absolute Gasteiger partial charge is 0.243 e. The highest BCUT2D eigenvalue weighted by Crippen LogP contribution is 2.11. The van der Waals surface area contributed by atoms with Crippen molar-refractivity contribution >= 4 is 11.7 Å². The first-order chi connectivity index (χ1) is 9.66. The maximum Gasteiger partial charge on any atom is 0.243 e. The van der Waals surface area contributed by atoms with Crippen LogP contribution in [0.5, 0.6) is 0 Å². The summed E-state index contributed by atoms with van der Waals surface area (Å²) < 4.78 is 0. The molecular formula is C16H31N3O. The zero-order chi connectivity index (χ0) is 15.1. The molecule has 1 amide bonds. The molecule has 0 aromatic rings. The van der Waals surface area contributed by atoms with Crippen LogP contribution in [0.2, 0.25) is 0 Å². The molecule has 0 aromatic carbocycles. The van der Waals surface area contributed by atoms with E-state index in [1.54, 1.807) is 0 Å². The molecule has 0 saturated carbocycles. The minimum Gasteiger partial charge on any atom is -0.388 e. The lowest BCUT2D eigenvalue weighted by Gasteiger charge is -2.03. The number of unbranched alkanes of at least 4 members (excludes halogenated alkanes) is 9. The van der Waals surface area contributed by atoms with Crippen LogP contribution < -0.4 is 11.1 Å². The van der Waals surface area contributed by atoms with Gasteiger partial charge in [0, 0.05) is 13.0 Å². The molecule has 4 nitrogen and oxygen atoms in total. The van der Waals surface area contributed by atoms with Gasteiger partial charge in [-0.05, 0) is 18.9 Å². The predicted octanol–water partition coefficient (Wildman–Crippen LogP) is 3.52. The molecule has 0 saturated heterocycles. The Labute approximate surface area is 123 Å². The van der Waals surface area contributed by atoms with Crippen LogP contribution >= 0.6 is 0 Å². The average molecular weight is 281 g/mol. The summed E-state index contributed by atoms with van der Waals surface area (Å²) in [5, 5.41) is 9.91. The monoisotopic (exact) mass is 281 g/mol. The van der Waals surface area contributed by atoms with Gasteiger partial charge in [0.25, 0.3) is 0 Å². The first-order valence-corrected chi connectivity index (χ1v) is 7.90. The lowest BCUT2D eigenvalue weighted by molar-refractivity contribution is -0.116. The summed E-state index contributed by atoms with van der Waals surface area (Å²) in [6, 6.07) is 0. The zero-order valence-electron chi connectivity index (χ0n) is 12.8. The summed E-state index contributed by atoms with van der Waals surface area (Å²) in [5.74, 6) is 0.240. The van der Waals surface area contributed by atoms with Crippen molar-refractivity contribution in [3.63, 3.8) is 0 Å². The van der Waals surface area contributed by atoms with Gasteiger partial charge in [-0.25, -0.2) is 0 Å². The second-order valence-corrected chi connectivity index (χ2v) is 5.31. The Morgan fingerprint density at radius 1 is 0.950 bits per heavy atom. The van der Waals surface area contributed by atoms with Crippen LogP contribution in [0.4, 0.5) is 0 Å². The maximum absolute atomic E-state index is 10.9. The van der Waals surface area contributed by atoms with E-state index < -0.39 is 0 Å². The van der Waals surface area contributed by atoms with Gasteiger partial charge in [0.05, 0.1) is 5.84 Å². The van der Waals surface area contributed by atoms with Gasteiger partial charge >= 0.3 is 0 Å². The van der Waals surface area contributed by atoms with Crippen molar-refractivity contribution in [3.8, 4) is 0 Å². The van der Waals surface area contributed by atoms with Crippen LogP contribution in [0.1, 0.15) is 70.6 Å². The van der Waals surface area contributed by atoms with Crippen molar-refractivity contribution in [2.24, 2.45) is 5.73 Å². The van der Waals surface area contributed by atoms with Crippen LogP contribution in [0.3, 0.4) is 0 Å². The number of hydrogen-bond acceptors (Lipinski definition) is 2. The van der Waals surface area contributed by atoms with Gasteiger partial charge < -0.3 is 11.1 Å². The van der Waals surface area contributed by atoms with Crippen molar-refractivity contribution < 1.29 is 4.79 Å². The Balaban J connectivity index is 3.04. The quantitative estimate of drug-likeness (QED) is 0.197. The molecule has 0 aliphatic heterocycles. The molecule has 0 heterocycles. The summed E-state index contributed by atoms with van der Waals surface area (Å²) in [7, 11) is 0. The average Bonchev–Trinajstić information content (AvgIpc) is 2.43. The van der Waals surface area contributed by atoms with Crippen molar-refractivity contribution in [3.05, 3.63) is 12.7 Å². The highest BCUT2D eigenvalue weighted by atomic mass is 16.1. The molecule has 0 radical (unpaired) electrons. The summed E-state index contributed by atoms with van der Waals surface area (Å²) in [4.78, 5) is 10.9. The first kappa shape index (κ1) is 18.7. The summed E-state index contributed by atoms with van der Waals surface area (Å²) >= 11 is 0. The van der Waals surface area contributed by atoms with Crippen LogP contribution in [0, 0.1) is 5.41 Å². The topological polar surface area (TPSA) is 79.0 Å². The molecule has 0 aliphatic rings. The standard InChI is InChI=1S/C16H31N3O/c1-2-16(20)19-14-12-10-8-6-4-3-5-7-9-11-13-15(17)18/h2H,1,3-14H2,(H3,17,18)(H,19,20). The van der Waals surface area contributed by atoms with Gasteiger partial charge in [-0.2, -0.15) is 0 Å². The first-order valence-electron chi connectivity index (χ1n) is 7.90. The third-order valence-electron chi connectivity index (χ3n) is 3.36. The van der Waals surface area contributed by atoms with Gasteiger partial charge in [-0.1, -0.05) is 57.9 Å². The minimum atomic E-state index is -0.0743. The van der Waals surface area contributed by atoms with Crippen molar-refractivity contribution in [1.82, 2.24) is 5.32 Å². The van der Waals surface area contributed by atoms with E-state index in [4.69, 9.17) is 11.1 Å². The van der Waals surface area contributed by atoms with Gasteiger partial charge in [0.1, 0.15) is 0 Å². The number of amidine groups is 1. The third kappa shape index (κ3) is 14.7. The molecule has 4 N–H and O–H groups in total. The zero-order valence-corrected chi connectivity index (χ0v) is 12.8. The molecule has 0 atom stereocenters. The van der Waals surface area contributed by atoms with Crippen LogP contribution in [0.15, 0.2) is 12.7 Å². The number of nitrogens with one attached hydrogen (secondary N) is 2. The Morgan fingerprint density at radius 3 is 1.85 bits per heavy atom. The van der Waals surface area contributed by atoms with Crippen LogP contribution in [-0.4, -0.2) is 18.3 Å². The number of amides is 1. The molecule has 0 rings (SSSR count). The summed E-state index contributed by atoms with van der Waals surface area (Å²) in [5.41, 5.74) is 5.30. The minimum absolute atomic E-state index is 0.0743. The second kappa shape index (κ2) is 14.1. The Bertz CT molecular complexity index is 277. The SMILES string of the molecule is C=CC(=O)NCCCCCCCCCCCCC(=N)N. The number of carbonyl (C=O) groups is 1. The largest absolute Gasteiger partial charge is 0.388 e. The van der Waals surface area contributed by atoms with E-state index >= 15 is 0 Å². The third-order valence-corrected chi connectivity index (χ3v) is 3.36. The Morgan fingerprint density at radius 2 is 1.40 bits per heavy atom. The van der Waals surface area contributed by atoms with E-state index in [0.717, 1.165) is 25.8 Å². The number of nitrogens with two attached hydrogens (primary N) is 1. The number of rotatable bonds is 14. The molecule has 0 bridgehead atoms. The molecular weight excluding hydrogens is 250 g/mol. The number of carbonyl (C=O) groups excluding carboxylic acids is 1. The Kier molecular flexibility index (Phi) is 13.2. The van der Waals surface area contributed by atoms with Crippen molar-refractivity contribution in [2.45, 2.75) is 70.6 Å². The number of hydrogen-bond donors (Lipinski definition) is 3. The van der Waals surface area contributed by atoms with Crippen LogP contribution in [-0.2, 0) is 4.79 Å². The van der Waals surface area contributed by atoms with E-state index in [2.05, 4.69) is 11.9 Å². The predicted molar refractivity (Wildman–Crippen MR) is 85.9 cm³/mol. The maximum atomic E-state index is 10.9. The summed E-state index contributed by atoms with van der Waals surface area (Å²) in [6.45, 7) is 4.18. The molecule has 0 aliphatic carbocycles. The van der Waals surface area contributed by atoms with Gasteiger partial charge in [0.2, 0.25) is 5.91 Å². The van der Waals surface area contributed by atoms with Gasteiger partial charge in [-0.3, -0.25) is 10.2 Å². The lowest BCUT2D eigenvalue weighted by Crippen LogP contribution is -2.21. The lowest BCUT2D eigenvalue weighted by atomic mass is 10.1. The molecule has 0 unspecified atom stereocenters. The van der Waals surface area contributed by atoms with E-state index in [0.29, 0.717) is 5.84 Å².